The molecule has 2 saturated heterocycles. The molecule has 4 aromatic rings. The molecule has 1 unspecified atom stereocenters. The maximum Gasteiger partial charge on any atom is 0.257 e. The van der Waals surface area contributed by atoms with E-state index in [1.807, 2.05) is 91.2 Å². The van der Waals surface area contributed by atoms with Gasteiger partial charge in [-0.2, -0.15) is 5.10 Å². The highest BCUT2D eigenvalue weighted by Gasteiger charge is 2.34. The zero-order chi connectivity index (χ0) is 44.3. The quantitative estimate of drug-likeness (QED) is 0.0386. The largest absolute Gasteiger partial charge is 0.490 e. The molecular formula is C50H62N6O7. The third-order valence-corrected chi connectivity index (χ3v) is 11.9. The molecule has 0 saturated carbocycles. The molecule has 3 aliphatic rings. The Morgan fingerprint density at radius 2 is 1.43 bits per heavy atom. The summed E-state index contributed by atoms with van der Waals surface area (Å²) < 4.78 is 25.3. The highest BCUT2D eigenvalue weighted by molar-refractivity contribution is 6.02. The highest BCUT2D eigenvalue weighted by Crippen LogP contribution is 2.36. The van der Waals surface area contributed by atoms with Gasteiger partial charge in [0.25, 0.3) is 11.8 Å². The molecule has 2 fully saturated rings. The van der Waals surface area contributed by atoms with Crippen molar-refractivity contribution in [1.29, 1.82) is 0 Å². The summed E-state index contributed by atoms with van der Waals surface area (Å²) in [6, 6.07) is 21.1. The molecule has 4 aromatic carbocycles. The van der Waals surface area contributed by atoms with Gasteiger partial charge >= 0.3 is 0 Å². The number of carbonyl (C=O) groups excluding carboxylic acids is 3. The molecule has 0 aliphatic carbocycles. The first-order chi connectivity index (χ1) is 30.6. The summed E-state index contributed by atoms with van der Waals surface area (Å²) in [6.45, 7) is 11.2. The van der Waals surface area contributed by atoms with E-state index in [-0.39, 0.29) is 43.7 Å². The highest BCUT2D eigenvalue weighted by atomic mass is 16.5. The number of likely N-dealkylation sites (tertiary alicyclic amines) is 1. The van der Waals surface area contributed by atoms with E-state index in [2.05, 4.69) is 22.8 Å². The van der Waals surface area contributed by atoms with Crippen LogP contribution in [0, 0.1) is 0 Å². The van der Waals surface area contributed by atoms with E-state index in [4.69, 9.17) is 24.7 Å². The molecule has 0 radical (unpaired) electrons. The van der Waals surface area contributed by atoms with Gasteiger partial charge in [0.05, 0.1) is 22.5 Å². The maximum atomic E-state index is 13.5. The molecule has 3 aliphatic heterocycles. The summed E-state index contributed by atoms with van der Waals surface area (Å²) in [6.07, 6.45) is 8.77. The fourth-order valence-corrected chi connectivity index (χ4v) is 8.40. The number of carbonyl (C=O) groups is 3. The minimum Gasteiger partial charge on any atom is -0.490 e. The number of amides is 3. The van der Waals surface area contributed by atoms with E-state index in [1.165, 1.54) is 0 Å². The molecule has 334 valence electrons. The molecule has 0 spiro atoms. The van der Waals surface area contributed by atoms with E-state index >= 15 is 0 Å². The third kappa shape index (κ3) is 11.2. The summed E-state index contributed by atoms with van der Waals surface area (Å²) >= 11 is 0. The number of benzene rings is 4. The molecule has 3 amide bonds. The van der Waals surface area contributed by atoms with Crippen molar-refractivity contribution in [3.63, 3.8) is 0 Å². The fourth-order valence-electron chi connectivity index (χ4n) is 8.40. The Morgan fingerprint density at radius 1 is 0.778 bits per heavy atom. The number of nitrogens with zero attached hydrogens (tertiary/aromatic N) is 3. The monoisotopic (exact) mass is 858 g/mol. The average Bonchev–Trinajstić information content (AvgIpc) is 3.31. The van der Waals surface area contributed by atoms with Crippen LogP contribution >= 0.6 is 0 Å². The van der Waals surface area contributed by atoms with Crippen LogP contribution in [0.5, 0.6) is 23.0 Å². The number of anilines is 2. The zero-order valence-electron chi connectivity index (χ0n) is 37.2. The number of piperidine rings is 2. The molecule has 4 N–H and O–H groups in total. The van der Waals surface area contributed by atoms with Crippen LogP contribution in [0.4, 0.5) is 11.4 Å². The Hall–Kier alpha value is -6.24. The van der Waals surface area contributed by atoms with Crippen molar-refractivity contribution in [3.8, 4) is 23.0 Å². The molecule has 0 aromatic heterocycles. The lowest BCUT2D eigenvalue weighted by molar-refractivity contribution is -0.121. The third-order valence-electron chi connectivity index (χ3n) is 11.9. The van der Waals surface area contributed by atoms with Crippen LogP contribution in [-0.2, 0) is 30.8 Å². The zero-order valence-corrected chi connectivity index (χ0v) is 37.2. The second-order valence-electron chi connectivity index (χ2n) is 16.5. The van der Waals surface area contributed by atoms with Gasteiger partial charge in [0.1, 0.15) is 55.6 Å². The van der Waals surface area contributed by atoms with Crippen molar-refractivity contribution in [2.75, 3.05) is 43.9 Å². The van der Waals surface area contributed by atoms with Gasteiger partial charge in [0.15, 0.2) is 0 Å². The molecule has 63 heavy (non-hydrogen) atoms. The minimum atomic E-state index is -0.107. The van der Waals surface area contributed by atoms with Gasteiger partial charge < -0.3 is 39.8 Å². The molecular weight excluding hydrogens is 797 g/mol. The van der Waals surface area contributed by atoms with Gasteiger partial charge in [-0.05, 0) is 147 Å². The van der Waals surface area contributed by atoms with Crippen molar-refractivity contribution in [2.45, 2.75) is 111 Å². The summed E-state index contributed by atoms with van der Waals surface area (Å²) in [5.74, 6) is 2.63. The molecule has 13 nitrogen and oxygen atoms in total. The first-order valence-electron chi connectivity index (χ1n) is 22.7. The Balaban J connectivity index is 1.06. The lowest BCUT2D eigenvalue weighted by Gasteiger charge is -2.41. The summed E-state index contributed by atoms with van der Waals surface area (Å²) in [7, 11) is 0. The number of fused-ring (bicyclic) bond motifs is 2. The topological polar surface area (TPSA) is 157 Å². The number of hydrogen-bond acceptors (Lipinski definition) is 10. The number of nitrogens with one attached hydrogen (secondary N) is 2. The molecule has 1 atom stereocenters. The van der Waals surface area contributed by atoms with Gasteiger partial charge in [0.2, 0.25) is 5.91 Å². The second kappa shape index (κ2) is 21.2. The smallest absolute Gasteiger partial charge is 0.257 e. The van der Waals surface area contributed by atoms with Crippen LogP contribution in [0.15, 0.2) is 71.8 Å². The first kappa shape index (κ1) is 44.8. The Labute approximate surface area is 371 Å². The molecule has 0 bridgehead atoms. The van der Waals surface area contributed by atoms with Crippen LogP contribution in [0.2, 0.25) is 0 Å². The normalized spacial score (nSPS) is 16.1. The van der Waals surface area contributed by atoms with E-state index in [0.717, 1.165) is 104 Å². The van der Waals surface area contributed by atoms with Crippen molar-refractivity contribution >= 4 is 34.8 Å². The van der Waals surface area contributed by atoms with E-state index in [9.17, 15) is 14.4 Å². The van der Waals surface area contributed by atoms with Crippen molar-refractivity contribution in [2.24, 2.45) is 5.10 Å². The summed E-state index contributed by atoms with van der Waals surface area (Å²) in [5.41, 5.74) is 16.7. The van der Waals surface area contributed by atoms with Gasteiger partial charge in [-0.15, -0.1) is 0 Å². The number of nitrogen functional groups attached to an aromatic ring is 1. The van der Waals surface area contributed by atoms with Gasteiger partial charge in [0, 0.05) is 43.9 Å². The molecule has 7 rings (SSSR count). The van der Waals surface area contributed by atoms with Gasteiger partial charge in [-0.3, -0.25) is 14.4 Å². The van der Waals surface area contributed by atoms with Crippen LogP contribution in [-0.4, -0.2) is 72.2 Å². The summed E-state index contributed by atoms with van der Waals surface area (Å²) in [4.78, 5) is 42.6. The SMILES string of the molecule is CCCC(=O)NN=C(C)c1ccc(OCCOc2cc(COc3cc(N)c(C(=O)N4CCCCC4)cc3CC)cc(COc3cc4c(cc3CC)C(=O)N3CCCCC3N4)c2)cc1. The number of hydrogen-bond donors (Lipinski definition) is 3. The predicted octanol–water partition coefficient (Wildman–Crippen LogP) is 8.65. The van der Waals surface area contributed by atoms with Crippen LogP contribution in [0.25, 0.3) is 0 Å². The molecule has 3 heterocycles. The Morgan fingerprint density at radius 3 is 2.11 bits per heavy atom. The van der Waals surface area contributed by atoms with Gasteiger partial charge in [-0.1, -0.05) is 20.8 Å². The Kier molecular flexibility index (Phi) is 15.1. The summed E-state index contributed by atoms with van der Waals surface area (Å²) in [5, 5.41) is 7.81. The van der Waals surface area contributed by atoms with Crippen molar-refractivity contribution in [1.82, 2.24) is 15.2 Å². The number of hydrazone groups is 1. The van der Waals surface area contributed by atoms with Crippen LogP contribution in [0.3, 0.4) is 0 Å². The van der Waals surface area contributed by atoms with Gasteiger partial charge in [-0.25, -0.2) is 5.43 Å². The predicted molar refractivity (Wildman–Crippen MR) is 246 cm³/mol. The average molecular weight is 859 g/mol. The second-order valence-corrected chi connectivity index (χ2v) is 16.5. The first-order valence-corrected chi connectivity index (χ1v) is 22.7. The maximum absolute atomic E-state index is 13.5. The standard InChI is InChI=1S/C50H62N6O7/c1-5-13-48(57)54-53-33(4)38-15-17-39(18-16-38)60-22-23-61-40-25-34(31-62-45-29-43(51)41(27-36(45)6-2)49(58)55-19-10-8-11-20-55)24-35(26-40)32-63-46-30-44-42(28-37(46)7-3)50(59)56-21-12-9-14-47(56)52-44/h15-18,24-30,47,52H,5-14,19-23,31-32,51H2,1-4H3,(H,54,57). The van der Waals surface area contributed by atoms with E-state index in [1.54, 1.807) is 6.07 Å². The van der Waals surface area contributed by atoms with Crippen molar-refractivity contribution in [3.05, 3.63) is 106 Å². The lowest BCUT2D eigenvalue weighted by atomic mass is 9.98. The van der Waals surface area contributed by atoms with Crippen LogP contribution in [0.1, 0.15) is 128 Å². The minimum absolute atomic E-state index is 0.00288. The number of nitrogens with two attached hydrogens (primary N) is 1. The lowest BCUT2D eigenvalue weighted by Crippen LogP contribution is -2.51. The number of ether oxygens (including phenoxy) is 4. The molecule has 13 heteroatoms. The number of aryl methyl sites for hydroxylation is 2. The number of rotatable bonds is 18. The fraction of sp³-hybridized carbons (Fsp3) is 0.440. The van der Waals surface area contributed by atoms with E-state index < -0.39 is 0 Å². The van der Waals surface area contributed by atoms with Crippen molar-refractivity contribution < 1.29 is 33.3 Å². The van der Waals surface area contributed by atoms with E-state index in [0.29, 0.717) is 65.6 Å². The van der Waals surface area contributed by atoms with Crippen LogP contribution < -0.4 is 35.4 Å². The Bertz CT molecular complexity index is 2290.